The predicted octanol–water partition coefficient (Wildman–Crippen LogP) is 3.00. The van der Waals surface area contributed by atoms with Crippen molar-refractivity contribution in [3.05, 3.63) is 47.9 Å². The number of cyclic esters (lactones) is 1. The zero-order valence-corrected chi connectivity index (χ0v) is 13.7. The lowest BCUT2D eigenvalue weighted by Crippen LogP contribution is -2.55. The molecule has 0 fully saturated rings. The van der Waals surface area contributed by atoms with Crippen LogP contribution in [0.3, 0.4) is 0 Å². The summed E-state index contributed by atoms with van der Waals surface area (Å²) in [4.78, 5) is 24.3. The van der Waals surface area contributed by atoms with Crippen LogP contribution in [0, 0.1) is 0 Å². The highest BCUT2D eigenvalue weighted by atomic mass is 19.4. The van der Waals surface area contributed by atoms with Gasteiger partial charge in [-0.3, -0.25) is 0 Å². The monoisotopic (exact) mass is 358 g/mol. The fraction of sp³-hybridized carbons (Fsp3) is 0.375. The number of ether oxygens (including phenoxy) is 2. The van der Waals surface area contributed by atoms with Gasteiger partial charge < -0.3 is 20.1 Å². The number of carbonyl (C=O) groups is 2. The minimum atomic E-state index is -4.53. The molecular weight excluding hydrogens is 341 g/mol. The second-order valence-corrected chi connectivity index (χ2v) is 6.37. The molecule has 1 aliphatic heterocycles. The molecule has 6 nitrogen and oxygen atoms in total. The SMILES string of the molecule is CC(C)(C)NC(=O)OC1(c2ccc(C(F)(F)F)cc2)NC=COC1=O. The second kappa shape index (κ2) is 6.30. The first-order valence-electron chi connectivity index (χ1n) is 7.27. The highest BCUT2D eigenvalue weighted by Crippen LogP contribution is 2.33. The van der Waals surface area contributed by atoms with Crippen molar-refractivity contribution in [1.82, 2.24) is 10.6 Å². The van der Waals surface area contributed by atoms with Crippen molar-refractivity contribution >= 4 is 12.1 Å². The average molecular weight is 358 g/mol. The first-order chi connectivity index (χ1) is 11.4. The van der Waals surface area contributed by atoms with Gasteiger partial charge in [-0.05, 0) is 32.9 Å². The molecule has 25 heavy (non-hydrogen) atoms. The van der Waals surface area contributed by atoms with Gasteiger partial charge in [-0.15, -0.1) is 0 Å². The Morgan fingerprint density at radius 1 is 1.20 bits per heavy atom. The van der Waals surface area contributed by atoms with Crippen LogP contribution in [0.4, 0.5) is 18.0 Å². The van der Waals surface area contributed by atoms with E-state index in [-0.39, 0.29) is 5.56 Å². The Morgan fingerprint density at radius 3 is 2.28 bits per heavy atom. The van der Waals surface area contributed by atoms with Gasteiger partial charge in [-0.25, -0.2) is 9.59 Å². The van der Waals surface area contributed by atoms with Gasteiger partial charge in [0.15, 0.2) is 0 Å². The molecule has 1 unspecified atom stereocenters. The molecule has 0 saturated heterocycles. The van der Waals surface area contributed by atoms with Crippen molar-refractivity contribution in [3.63, 3.8) is 0 Å². The number of carbonyl (C=O) groups excluding carboxylic acids is 2. The summed E-state index contributed by atoms with van der Waals surface area (Å²) < 4.78 is 48.1. The third-order valence-corrected chi connectivity index (χ3v) is 3.16. The number of rotatable bonds is 2. The number of alkyl carbamates (subject to hydrolysis) is 1. The molecule has 0 bridgehead atoms. The van der Waals surface area contributed by atoms with Crippen molar-refractivity contribution in [3.8, 4) is 0 Å². The maximum Gasteiger partial charge on any atom is 0.416 e. The van der Waals surface area contributed by atoms with Crippen LogP contribution in [0.5, 0.6) is 0 Å². The number of alkyl halides is 3. The summed E-state index contributed by atoms with van der Waals surface area (Å²) in [5.41, 5.74) is -3.65. The highest BCUT2D eigenvalue weighted by Gasteiger charge is 2.48. The van der Waals surface area contributed by atoms with E-state index in [0.717, 1.165) is 30.5 Å². The molecule has 1 aromatic rings. The predicted molar refractivity (Wildman–Crippen MR) is 80.9 cm³/mol. The van der Waals surface area contributed by atoms with Crippen LogP contribution >= 0.6 is 0 Å². The van der Waals surface area contributed by atoms with Crippen LogP contribution < -0.4 is 10.6 Å². The van der Waals surface area contributed by atoms with Gasteiger partial charge in [0.1, 0.15) is 6.26 Å². The minimum absolute atomic E-state index is 0.0149. The smallest absolute Gasteiger partial charge is 0.416 e. The normalized spacial score (nSPS) is 20.5. The van der Waals surface area contributed by atoms with E-state index in [1.807, 2.05) is 0 Å². The van der Waals surface area contributed by atoms with E-state index in [9.17, 15) is 22.8 Å². The molecule has 0 saturated carbocycles. The van der Waals surface area contributed by atoms with Gasteiger partial charge in [-0.2, -0.15) is 13.2 Å². The fourth-order valence-electron chi connectivity index (χ4n) is 2.09. The van der Waals surface area contributed by atoms with Crippen LogP contribution in [0.25, 0.3) is 0 Å². The number of esters is 1. The number of amides is 1. The van der Waals surface area contributed by atoms with Gasteiger partial charge in [0, 0.05) is 17.3 Å². The average Bonchev–Trinajstić information content (AvgIpc) is 2.47. The lowest BCUT2D eigenvalue weighted by Gasteiger charge is -2.34. The maximum atomic E-state index is 12.7. The Morgan fingerprint density at radius 2 is 1.80 bits per heavy atom. The summed E-state index contributed by atoms with van der Waals surface area (Å²) in [5, 5.41) is 5.06. The summed E-state index contributed by atoms with van der Waals surface area (Å²) in [6.07, 6.45) is -3.22. The van der Waals surface area contributed by atoms with Crippen LogP contribution in [0.15, 0.2) is 36.7 Å². The zero-order valence-electron chi connectivity index (χ0n) is 13.7. The maximum absolute atomic E-state index is 12.7. The Bertz CT molecular complexity index is 693. The second-order valence-electron chi connectivity index (χ2n) is 6.37. The fourth-order valence-corrected chi connectivity index (χ4v) is 2.09. The lowest BCUT2D eigenvalue weighted by atomic mass is 10.00. The molecule has 0 aliphatic carbocycles. The highest BCUT2D eigenvalue weighted by molar-refractivity contribution is 5.85. The van der Waals surface area contributed by atoms with Crippen LogP contribution in [0.1, 0.15) is 31.9 Å². The van der Waals surface area contributed by atoms with E-state index in [1.165, 1.54) is 6.20 Å². The van der Waals surface area contributed by atoms with Crippen molar-refractivity contribution in [2.45, 2.75) is 38.2 Å². The summed E-state index contributed by atoms with van der Waals surface area (Å²) in [7, 11) is 0. The number of nitrogens with one attached hydrogen (secondary N) is 2. The van der Waals surface area contributed by atoms with Gasteiger partial charge in [0.2, 0.25) is 0 Å². The van der Waals surface area contributed by atoms with Crippen molar-refractivity contribution in [2.24, 2.45) is 0 Å². The minimum Gasteiger partial charge on any atom is -0.428 e. The van der Waals surface area contributed by atoms with Gasteiger partial charge in [-0.1, -0.05) is 12.1 Å². The molecule has 2 N–H and O–H groups in total. The Labute approximate surface area is 142 Å². The summed E-state index contributed by atoms with van der Waals surface area (Å²) in [6.45, 7) is 5.10. The molecule has 1 atom stereocenters. The van der Waals surface area contributed by atoms with Crippen molar-refractivity contribution < 1.29 is 32.2 Å². The topological polar surface area (TPSA) is 76.7 Å². The number of halogens is 3. The molecule has 1 amide bonds. The van der Waals surface area contributed by atoms with E-state index in [1.54, 1.807) is 20.8 Å². The Balaban J connectivity index is 2.38. The molecule has 1 aromatic carbocycles. The Kier molecular flexibility index (Phi) is 4.70. The molecule has 2 rings (SSSR count). The molecular formula is C16H17F3N2O4. The van der Waals surface area contributed by atoms with Gasteiger partial charge >= 0.3 is 24.0 Å². The molecule has 0 spiro atoms. The summed E-state index contributed by atoms with van der Waals surface area (Å²) >= 11 is 0. The van der Waals surface area contributed by atoms with E-state index in [4.69, 9.17) is 9.47 Å². The van der Waals surface area contributed by atoms with E-state index >= 15 is 0 Å². The number of hydrogen-bond donors (Lipinski definition) is 2. The quantitative estimate of drug-likeness (QED) is 0.795. The molecule has 136 valence electrons. The van der Waals surface area contributed by atoms with Crippen LogP contribution in [-0.4, -0.2) is 17.6 Å². The number of benzene rings is 1. The van der Waals surface area contributed by atoms with Gasteiger partial charge in [0.05, 0.1) is 5.56 Å². The molecule has 0 aromatic heterocycles. The van der Waals surface area contributed by atoms with Gasteiger partial charge in [0.25, 0.3) is 0 Å². The van der Waals surface area contributed by atoms with E-state index in [0.29, 0.717) is 0 Å². The molecule has 9 heteroatoms. The van der Waals surface area contributed by atoms with E-state index < -0.39 is 35.1 Å². The summed E-state index contributed by atoms with van der Waals surface area (Å²) in [5.74, 6) is -0.987. The third kappa shape index (κ3) is 4.23. The first kappa shape index (κ1) is 18.6. The largest absolute Gasteiger partial charge is 0.428 e. The lowest BCUT2D eigenvalue weighted by molar-refractivity contribution is -0.166. The standard InChI is InChI=1S/C16H17F3N2O4/c1-14(2,3)21-13(23)25-15(12(22)24-9-8-20-15)10-4-6-11(7-5-10)16(17,18)19/h4-9,20H,1-3H3,(H,21,23). The van der Waals surface area contributed by atoms with Crippen LogP contribution in [0.2, 0.25) is 0 Å². The first-order valence-corrected chi connectivity index (χ1v) is 7.27. The zero-order chi connectivity index (χ0) is 18.9. The summed E-state index contributed by atoms with van der Waals surface area (Å²) in [6, 6.07) is 3.66. The molecule has 1 heterocycles. The Hall–Kier alpha value is -2.71. The van der Waals surface area contributed by atoms with Crippen LogP contribution in [-0.2, 0) is 26.2 Å². The number of hydrogen-bond acceptors (Lipinski definition) is 5. The molecule has 1 aliphatic rings. The van der Waals surface area contributed by atoms with Crippen molar-refractivity contribution in [1.29, 1.82) is 0 Å². The molecule has 0 radical (unpaired) electrons. The van der Waals surface area contributed by atoms with E-state index in [2.05, 4.69) is 10.6 Å². The van der Waals surface area contributed by atoms with Crippen molar-refractivity contribution in [2.75, 3.05) is 0 Å². The third-order valence-electron chi connectivity index (χ3n) is 3.16.